The predicted molar refractivity (Wildman–Crippen MR) is 76.8 cm³/mol. The molecular weight excluding hydrogens is 290 g/mol. The zero-order valence-electron chi connectivity index (χ0n) is 11.9. The van der Waals surface area contributed by atoms with Gasteiger partial charge in [0.15, 0.2) is 0 Å². The number of nitro benzene ring substituents is 1. The SMILES string of the molecule is C=C1NC(=O)NC(c2ccc([N+](=O)[O-])cc2)C1C(=O)OCC. The minimum atomic E-state index is -0.806. The van der Waals surface area contributed by atoms with Crippen LogP contribution in [0.15, 0.2) is 36.5 Å². The number of ether oxygens (including phenoxy) is 1. The van der Waals surface area contributed by atoms with Gasteiger partial charge in [-0.1, -0.05) is 18.7 Å². The van der Waals surface area contributed by atoms with Crippen LogP contribution >= 0.6 is 0 Å². The van der Waals surface area contributed by atoms with Crippen molar-refractivity contribution in [3.05, 3.63) is 52.2 Å². The second-order valence-corrected chi connectivity index (χ2v) is 4.68. The first-order valence-corrected chi connectivity index (χ1v) is 6.61. The van der Waals surface area contributed by atoms with E-state index in [9.17, 15) is 19.7 Å². The number of carbonyl (C=O) groups excluding carboxylic acids is 2. The Balaban J connectivity index is 2.34. The number of nitrogens with zero attached hydrogens (tertiary/aromatic N) is 1. The van der Waals surface area contributed by atoms with Gasteiger partial charge in [0.2, 0.25) is 0 Å². The third-order valence-electron chi connectivity index (χ3n) is 3.27. The second-order valence-electron chi connectivity index (χ2n) is 4.68. The lowest BCUT2D eigenvalue weighted by Crippen LogP contribution is -2.51. The largest absolute Gasteiger partial charge is 0.465 e. The van der Waals surface area contributed by atoms with Crippen LogP contribution in [0.5, 0.6) is 0 Å². The lowest BCUT2D eigenvalue weighted by atomic mass is 9.89. The summed E-state index contributed by atoms with van der Waals surface area (Å²) < 4.78 is 5.00. The van der Waals surface area contributed by atoms with Gasteiger partial charge in [-0.05, 0) is 12.5 Å². The number of hydrogen-bond acceptors (Lipinski definition) is 5. The molecule has 0 radical (unpaired) electrons. The molecule has 1 heterocycles. The Bertz CT molecular complexity index is 626. The zero-order chi connectivity index (χ0) is 16.3. The number of hydrogen-bond donors (Lipinski definition) is 2. The summed E-state index contributed by atoms with van der Waals surface area (Å²) in [5.74, 6) is -1.33. The Morgan fingerprint density at radius 3 is 2.59 bits per heavy atom. The maximum Gasteiger partial charge on any atom is 0.319 e. The highest BCUT2D eigenvalue weighted by molar-refractivity contribution is 5.85. The normalized spacial score (nSPS) is 20.8. The number of non-ortho nitro benzene ring substituents is 1. The van der Waals surface area contributed by atoms with E-state index in [1.165, 1.54) is 24.3 Å². The molecule has 8 nitrogen and oxygen atoms in total. The Morgan fingerprint density at radius 2 is 2.05 bits per heavy atom. The number of rotatable bonds is 4. The molecule has 1 aliphatic rings. The van der Waals surface area contributed by atoms with Crippen LogP contribution in [-0.2, 0) is 9.53 Å². The highest BCUT2D eigenvalue weighted by atomic mass is 16.6. The van der Waals surface area contributed by atoms with Crippen molar-refractivity contribution in [2.75, 3.05) is 6.61 Å². The Hall–Kier alpha value is -2.90. The van der Waals surface area contributed by atoms with E-state index in [0.717, 1.165) is 0 Å². The van der Waals surface area contributed by atoms with E-state index in [1.807, 2.05) is 0 Å². The zero-order valence-corrected chi connectivity index (χ0v) is 11.9. The highest BCUT2D eigenvalue weighted by Crippen LogP contribution is 2.31. The molecule has 2 amide bonds. The van der Waals surface area contributed by atoms with Crippen molar-refractivity contribution >= 4 is 17.7 Å². The molecule has 8 heteroatoms. The molecule has 2 unspecified atom stereocenters. The Morgan fingerprint density at radius 1 is 1.41 bits per heavy atom. The first-order chi connectivity index (χ1) is 10.4. The van der Waals surface area contributed by atoms with Gasteiger partial charge in [0, 0.05) is 17.8 Å². The third kappa shape index (κ3) is 3.05. The van der Waals surface area contributed by atoms with E-state index < -0.39 is 28.9 Å². The van der Waals surface area contributed by atoms with E-state index in [0.29, 0.717) is 5.56 Å². The van der Waals surface area contributed by atoms with E-state index in [-0.39, 0.29) is 18.0 Å². The smallest absolute Gasteiger partial charge is 0.319 e. The number of urea groups is 1. The predicted octanol–water partition coefficient (Wildman–Crippen LogP) is 1.64. The number of esters is 1. The van der Waals surface area contributed by atoms with Gasteiger partial charge in [0.1, 0.15) is 5.92 Å². The average molecular weight is 305 g/mol. The molecule has 0 saturated carbocycles. The van der Waals surface area contributed by atoms with Gasteiger partial charge in [-0.25, -0.2) is 4.79 Å². The molecule has 2 rings (SSSR count). The standard InChI is InChI=1S/C14H15N3O5/c1-3-22-13(18)11-8(2)15-14(19)16-12(11)9-4-6-10(7-5-9)17(20)21/h4-7,11-12H,2-3H2,1H3,(H2,15,16,19). The molecule has 1 aliphatic heterocycles. The van der Waals surface area contributed by atoms with Gasteiger partial charge in [-0.2, -0.15) is 0 Å². The molecule has 1 saturated heterocycles. The fourth-order valence-corrected chi connectivity index (χ4v) is 2.27. The molecule has 1 fully saturated rings. The monoisotopic (exact) mass is 305 g/mol. The van der Waals surface area contributed by atoms with Crippen LogP contribution in [-0.4, -0.2) is 23.5 Å². The first-order valence-electron chi connectivity index (χ1n) is 6.61. The van der Waals surface area contributed by atoms with Crippen LogP contribution in [0.2, 0.25) is 0 Å². The van der Waals surface area contributed by atoms with Crippen LogP contribution in [0.4, 0.5) is 10.5 Å². The number of nitrogens with one attached hydrogen (secondary N) is 2. The number of nitro groups is 1. The summed E-state index contributed by atoms with van der Waals surface area (Å²) in [6.45, 7) is 5.56. The molecule has 2 N–H and O–H groups in total. The van der Waals surface area contributed by atoms with Crippen LogP contribution < -0.4 is 10.6 Å². The molecule has 0 aromatic heterocycles. The van der Waals surface area contributed by atoms with E-state index in [2.05, 4.69) is 17.2 Å². The van der Waals surface area contributed by atoms with Crippen LogP contribution in [0.25, 0.3) is 0 Å². The van der Waals surface area contributed by atoms with Crippen molar-refractivity contribution in [1.29, 1.82) is 0 Å². The van der Waals surface area contributed by atoms with Gasteiger partial charge in [-0.15, -0.1) is 0 Å². The fraction of sp³-hybridized carbons (Fsp3) is 0.286. The summed E-state index contributed by atoms with van der Waals surface area (Å²) in [5, 5.41) is 15.8. The second kappa shape index (κ2) is 6.25. The van der Waals surface area contributed by atoms with E-state index in [4.69, 9.17) is 4.74 Å². The Kier molecular flexibility index (Phi) is 4.40. The summed E-state index contributed by atoms with van der Waals surface area (Å²) in [4.78, 5) is 33.9. The summed E-state index contributed by atoms with van der Waals surface area (Å²) in [6.07, 6.45) is 0. The van der Waals surface area contributed by atoms with E-state index in [1.54, 1.807) is 6.92 Å². The molecule has 2 atom stereocenters. The summed E-state index contributed by atoms with van der Waals surface area (Å²) >= 11 is 0. The lowest BCUT2D eigenvalue weighted by molar-refractivity contribution is -0.384. The van der Waals surface area contributed by atoms with Crippen molar-refractivity contribution < 1.29 is 19.2 Å². The highest BCUT2D eigenvalue weighted by Gasteiger charge is 2.38. The van der Waals surface area contributed by atoms with Gasteiger partial charge < -0.3 is 15.4 Å². The summed E-state index contributed by atoms with van der Waals surface area (Å²) in [5.41, 5.74) is 0.709. The minimum absolute atomic E-state index is 0.0736. The third-order valence-corrected chi connectivity index (χ3v) is 3.27. The lowest BCUT2D eigenvalue weighted by Gasteiger charge is -2.33. The van der Waals surface area contributed by atoms with Gasteiger partial charge in [-0.3, -0.25) is 14.9 Å². The molecule has 116 valence electrons. The number of carbonyl (C=O) groups is 2. The topological polar surface area (TPSA) is 111 Å². The summed E-state index contributed by atoms with van der Waals surface area (Å²) in [7, 11) is 0. The summed E-state index contributed by atoms with van der Waals surface area (Å²) in [6, 6.07) is 4.43. The van der Waals surface area contributed by atoms with Gasteiger partial charge in [0.25, 0.3) is 5.69 Å². The average Bonchev–Trinajstić information content (AvgIpc) is 2.46. The van der Waals surface area contributed by atoms with Gasteiger partial charge in [0.05, 0.1) is 17.6 Å². The quantitative estimate of drug-likeness (QED) is 0.499. The number of amides is 2. The molecule has 0 bridgehead atoms. The molecule has 0 spiro atoms. The minimum Gasteiger partial charge on any atom is -0.465 e. The van der Waals surface area contributed by atoms with Crippen molar-refractivity contribution in [2.24, 2.45) is 5.92 Å². The van der Waals surface area contributed by atoms with Gasteiger partial charge >= 0.3 is 12.0 Å². The molecule has 22 heavy (non-hydrogen) atoms. The maximum absolute atomic E-state index is 12.1. The van der Waals surface area contributed by atoms with Crippen molar-refractivity contribution in [1.82, 2.24) is 10.6 Å². The molecule has 1 aromatic rings. The van der Waals surface area contributed by atoms with Crippen LogP contribution in [0.3, 0.4) is 0 Å². The van der Waals surface area contributed by atoms with Crippen molar-refractivity contribution in [3.63, 3.8) is 0 Å². The van der Waals surface area contributed by atoms with Crippen molar-refractivity contribution in [3.8, 4) is 0 Å². The van der Waals surface area contributed by atoms with Crippen LogP contribution in [0.1, 0.15) is 18.5 Å². The number of benzene rings is 1. The van der Waals surface area contributed by atoms with Crippen LogP contribution in [0, 0.1) is 16.0 Å². The molecule has 0 aliphatic carbocycles. The van der Waals surface area contributed by atoms with E-state index >= 15 is 0 Å². The molecule has 1 aromatic carbocycles. The maximum atomic E-state index is 12.1. The first kappa shape index (κ1) is 15.5. The fourth-order valence-electron chi connectivity index (χ4n) is 2.27. The van der Waals surface area contributed by atoms with Crippen molar-refractivity contribution in [2.45, 2.75) is 13.0 Å². The molecular formula is C14H15N3O5. The Labute approximate surface area is 126 Å².